The lowest BCUT2D eigenvalue weighted by molar-refractivity contribution is 0.0953. The van der Waals surface area contributed by atoms with Crippen molar-refractivity contribution in [2.24, 2.45) is 5.10 Å². The van der Waals surface area contributed by atoms with Crippen LogP contribution in [0.5, 0.6) is 0 Å². The van der Waals surface area contributed by atoms with Crippen LogP contribution in [0.4, 0.5) is 0 Å². The van der Waals surface area contributed by atoms with E-state index in [4.69, 9.17) is 39.2 Å². The van der Waals surface area contributed by atoms with Crippen LogP contribution in [-0.2, 0) is 6.54 Å². The first-order chi connectivity index (χ1) is 12.9. The molecule has 6 nitrogen and oxygen atoms in total. The minimum Gasteiger partial charge on any atom is -0.469 e. The molecular formula is C18H15Cl3N4O2. The number of carbonyl (C=O) groups excluding carboxylic acids is 1. The topological polar surface area (TPSA) is 72.4 Å². The number of hydrogen-bond acceptors (Lipinski definition) is 4. The minimum atomic E-state index is -0.374. The monoisotopic (exact) mass is 424 g/mol. The summed E-state index contributed by atoms with van der Waals surface area (Å²) in [4.78, 5) is 12.0. The predicted molar refractivity (Wildman–Crippen MR) is 106 cm³/mol. The molecule has 3 rings (SSSR count). The van der Waals surface area contributed by atoms with Gasteiger partial charge in [0.1, 0.15) is 10.9 Å². The molecule has 0 spiro atoms. The molecule has 0 bridgehead atoms. The second-order valence-electron chi connectivity index (χ2n) is 5.74. The summed E-state index contributed by atoms with van der Waals surface area (Å²) in [5.74, 6) is 0.142. The highest BCUT2D eigenvalue weighted by molar-refractivity contribution is 6.36. The van der Waals surface area contributed by atoms with Gasteiger partial charge in [-0.25, -0.2) is 10.1 Å². The summed E-state index contributed by atoms with van der Waals surface area (Å²) >= 11 is 18.8. The second-order valence-corrected chi connectivity index (χ2v) is 6.91. The average molecular weight is 426 g/mol. The molecule has 0 aliphatic heterocycles. The summed E-state index contributed by atoms with van der Waals surface area (Å²) in [6.45, 7) is 3.80. The molecule has 0 aliphatic carbocycles. The number of benzene rings is 1. The highest BCUT2D eigenvalue weighted by Gasteiger charge is 2.15. The number of furan rings is 1. The van der Waals surface area contributed by atoms with Gasteiger partial charge in [0.2, 0.25) is 0 Å². The summed E-state index contributed by atoms with van der Waals surface area (Å²) in [5.41, 5.74) is 4.81. The van der Waals surface area contributed by atoms with E-state index >= 15 is 0 Å². The van der Waals surface area contributed by atoms with Crippen molar-refractivity contribution in [1.82, 2.24) is 15.2 Å². The quantitative estimate of drug-likeness (QED) is 0.468. The van der Waals surface area contributed by atoms with E-state index in [2.05, 4.69) is 15.6 Å². The van der Waals surface area contributed by atoms with Crippen molar-refractivity contribution in [2.45, 2.75) is 20.4 Å². The SMILES string of the molecule is Cc1nn(Cc2c(Cl)cccc2Cl)c(Cl)c1/C=N/NC(=O)c1ccoc1C. The lowest BCUT2D eigenvalue weighted by Crippen LogP contribution is -2.17. The van der Waals surface area contributed by atoms with E-state index in [1.54, 1.807) is 42.8 Å². The lowest BCUT2D eigenvalue weighted by atomic mass is 10.2. The molecule has 0 unspecified atom stereocenters. The predicted octanol–water partition coefficient (Wildman–Crippen LogP) is 4.87. The number of halogens is 3. The van der Waals surface area contributed by atoms with Crippen LogP contribution in [0.25, 0.3) is 0 Å². The molecule has 0 radical (unpaired) electrons. The molecule has 27 heavy (non-hydrogen) atoms. The van der Waals surface area contributed by atoms with Gasteiger partial charge in [0.25, 0.3) is 5.91 Å². The Kier molecular flexibility index (Phi) is 5.89. The third kappa shape index (κ3) is 4.18. The molecule has 0 fully saturated rings. The first-order valence-electron chi connectivity index (χ1n) is 7.91. The number of carbonyl (C=O) groups is 1. The van der Waals surface area contributed by atoms with Gasteiger partial charge in [0.05, 0.1) is 35.8 Å². The zero-order valence-corrected chi connectivity index (χ0v) is 16.7. The van der Waals surface area contributed by atoms with Crippen molar-refractivity contribution in [1.29, 1.82) is 0 Å². The smallest absolute Gasteiger partial charge is 0.274 e. The Morgan fingerprint density at radius 1 is 1.26 bits per heavy atom. The van der Waals surface area contributed by atoms with Gasteiger partial charge in [-0.1, -0.05) is 40.9 Å². The maximum atomic E-state index is 12.0. The van der Waals surface area contributed by atoms with E-state index in [0.717, 1.165) is 5.56 Å². The zero-order valence-electron chi connectivity index (χ0n) is 14.5. The minimum absolute atomic E-state index is 0.312. The highest BCUT2D eigenvalue weighted by Crippen LogP contribution is 2.27. The Hall–Kier alpha value is -2.28. The standard InChI is InChI=1S/C18H15Cl3N4O2/c1-10-13(8-22-23-18(26)12-6-7-27-11(12)2)17(21)25(24-10)9-14-15(19)4-3-5-16(14)20/h3-8H,9H2,1-2H3,(H,23,26)/b22-8+. The third-order valence-corrected chi connectivity index (χ3v) is 5.05. The molecule has 0 saturated heterocycles. The fourth-order valence-corrected chi connectivity index (χ4v) is 3.29. The molecule has 140 valence electrons. The van der Waals surface area contributed by atoms with Crippen LogP contribution in [-0.4, -0.2) is 21.9 Å². The maximum absolute atomic E-state index is 12.0. The van der Waals surface area contributed by atoms with E-state index < -0.39 is 0 Å². The summed E-state index contributed by atoms with van der Waals surface area (Å²) in [6, 6.07) is 6.85. The molecule has 2 heterocycles. The Balaban J connectivity index is 1.78. The summed E-state index contributed by atoms with van der Waals surface area (Å²) < 4.78 is 6.68. The Labute approximate surface area is 170 Å². The second kappa shape index (κ2) is 8.17. The van der Waals surface area contributed by atoms with Crippen molar-refractivity contribution in [2.75, 3.05) is 0 Å². The molecular weight excluding hydrogens is 411 g/mol. The highest BCUT2D eigenvalue weighted by atomic mass is 35.5. The van der Waals surface area contributed by atoms with Crippen molar-refractivity contribution < 1.29 is 9.21 Å². The van der Waals surface area contributed by atoms with Gasteiger partial charge in [-0.2, -0.15) is 10.2 Å². The Morgan fingerprint density at radius 2 is 1.96 bits per heavy atom. The molecule has 0 saturated carbocycles. The molecule has 2 aromatic heterocycles. The number of aryl methyl sites for hydroxylation is 2. The molecule has 9 heteroatoms. The van der Waals surface area contributed by atoms with Gasteiger partial charge < -0.3 is 4.42 Å². The number of amides is 1. The van der Waals surface area contributed by atoms with E-state index in [0.29, 0.717) is 44.3 Å². The van der Waals surface area contributed by atoms with E-state index in [9.17, 15) is 4.79 Å². The van der Waals surface area contributed by atoms with Gasteiger partial charge in [0, 0.05) is 15.6 Å². The zero-order chi connectivity index (χ0) is 19.6. The van der Waals surface area contributed by atoms with Crippen molar-refractivity contribution in [3.63, 3.8) is 0 Å². The molecule has 0 atom stereocenters. The fraction of sp³-hybridized carbons (Fsp3) is 0.167. The Morgan fingerprint density at radius 3 is 2.59 bits per heavy atom. The van der Waals surface area contributed by atoms with Crippen LogP contribution >= 0.6 is 34.8 Å². The van der Waals surface area contributed by atoms with Crippen molar-refractivity contribution >= 4 is 46.9 Å². The summed E-state index contributed by atoms with van der Waals surface area (Å²) in [7, 11) is 0. The van der Waals surface area contributed by atoms with E-state index in [-0.39, 0.29) is 5.91 Å². The third-order valence-electron chi connectivity index (χ3n) is 3.94. The number of aromatic nitrogens is 2. The molecule has 1 amide bonds. The molecule has 3 aromatic rings. The molecule has 0 aliphatic rings. The number of rotatable bonds is 5. The summed E-state index contributed by atoms with van der Waals surface area (Å²) in [6.07, 6.45) is 2.89. The first-order valence-corrected chi connectivity index (χ1v) is 9.05. The molecule has 1 aromatic carbocycles. The summed E-state index contributed by atoms with van der Waals surface area (Å²) in [5, 5.41) is 9.78. The van der Waals surface area contributed by atoms with Crippen LogP contribution in [0, 0.1) is 13.8 Å². The van der Waals surface area contributed by atoms with Gasteiger partial charge in [-0.3, -0.25) is 4.79 Å². The van der Waals surface area contributed by atoms with Crippen LogP contribution in [0.3, 0.4) is 0 Å². The maximum Gasteiger partial charge on any atom is 0.274 e. The van der Waals surface area contributed by atoms with Crippen LogP contribution in [0.15, 0.2) is 40.0 Å². The number of nitrogens with one attached hydrogen (secondary N) is 1. The number of hydrazone groups is 1. The fourth-order valence-electron chi connectivity index (χ4n) is 2.49. The van der Waals surface area contributed by atoms with Gasteiger partial charge >= 0.3 is 0 Å². The van der Waals surface area contributed by atoms with Crippen LogP contribution < -0.4 is 5.43 Å². The number of nitrogens with zero attached hydrogens (tertiary/aromatic N) is 3. The molecule has 1 N–H and O–H groups in total. The van der Waals surface area contributed by atoms with E-state index in [1.807, 2.05) is 0 Å². The van der Waals surface area contributed by atoms with Gasteiger partial charge in [0.15, 0.2) is 0 Å². The first kappa shape index (κ1) is 19.5. The lowest BCUT2D eigenvalue weighted by Gasteiger charge is -2.08. The normalized spacial score (nSPS) is 11.3. The van der Waals surface area contributed by atoms with E-state index in [1.165, 1.54) is 12.5 Å². The van der Waals surface area contributed by atoms with Crippen LogP contribution in [0.1, 0.15) is 32.9 Å². The average Bonchev–Trinajstić information content (AvgIpc) is 3.16. The van der Waals surface area contributed by atoms with Gasteiger partial charge in [-0.15, -0.1) is 0 Å². The van der Waals surface area contributed by atoms with Crippen molar-refractivity contribution in [3.05, 3.63) is 73.9 Å². The van der Waals surface area contributed by atoms with Crippen molar-refractivity contribution in [3.8, 4) is 0 Å². The van der Waals surface area contributed by atoms with Gasteiger partial charge in [-0.05, 0) is 32.0 Å². The van der Waals surface area contributed by atoms with Crippen LogP contribution in [0.2, 0.25) is 15.2 Å². The largest absolute Gasteiger partial charge is 0.469 e. The Bertz CT molecular complexity index is 1000. The number of hydrogen-bond donors (Lipinski definition) is 1.